The van der Waals surface area contributed by atoms with Crippen LogP contribution in [0.5, 0.6) is 0 Å². The van der Waals surface area contributed by atoms with Crippen LogP contribution in [-0.4, -0.2) is 25.5 Å². The molecule has 3 rings (SSSR count). The summed E-state index contributed by atoms with van der Waals surface area (Å²) >= 11 is 3.35. The van der Waals surface area contributed by atoms with Crippen molar-refractivity contribution < 1.29 is 4.79 Å². The SMILES string of the molecule is CC(Cn1cc(Br)cn1)C(=O)Nc1cccc(Cn2cccn2)c1. The zero-order valence-corrected chi connectivity index (χ0v) is 14.8. The van der Waals surface area contributed by atoms with Crippen molar-refractivity contribution in [3.63, 3.8) is 0 Å². The molecule has 0 aliphatic heterocycles. The molecule has 0 bridgehead atoms. The van der Waals surface area contributed by atoms with Crippen molar-refractivity contribution in [1.29, 1.82) is 0 Å². The molecule has 2 aromatic heterocycles. The topological polar surface area (TPSA) is 64.7 Å². The van der Waals surface area contributed by atoms with Crippen LogP contribution in [0.15, 0.2) is 59.6 Å². The second-order valence-corrected chi connectivity index (χ2v) is 6.59. The molecule has 124 valence electrons. The van der Waals surface area contributed by atoms with Gasteiger partial charge in [-0.1, -0.05) is 19.1 Å². The lowest BCUT2D eigenvalue weighted by Crippen LogP contribution is -2.24. The van der Waals surface area contributed by atoms with Crippen molar-refractivity contribution in [1.82, 2.24) is 19.6 Å². The number of rotatable bonds is 6. The average molecular weight is 388 g/mol. The van der Waals surface area contributed by atoms with E-state index < -0.39 is 0 Å². The van der Waals surface area contributed by atoms with E-state index in [1.165, 1.54) is 0 Å². The van der Waals surface area contributed by atoms with Crippen LogP contribution in [0, 0.1) is 5.92 Å². The highest BCUT2D eigenvalue weighted by Gasteiger charge is 2.14. The van der Waals surface area contributed by atoms with E-state index in [9.17, 15) is 4.79 Å². The molecule has 1 N–H and O–H groups in total. The molecule has 1 aromatic carbocycles. The molecule has 3 aromatic rings. The van der Waals surface area contributed by atoms with Crippen molar-refractivity contribution in [2.45, 2.75) is 20.0 Å². The number of halogens is 1. The molecule has 0 spiro atoms. The molecular formula is C17H18BrN5O. The fourth-order valence-electron chi connectivity index (χ4n) is 2.40. The highest BCUT2D eigenvalue weighted by atomic mass is 79.9. The van der Waals surface area contributed by atoms with E-state index in [1.807, 2.05) is 54.3 Å². The first-order valence-corrected chi connectivity index (χ1v) is 8.44. The van der Waals surface area contributed by atoms with E-state index in [1.54, 1.807) is 17.1 Å². The maximum absolute atomic E-state index is 12.4. The maximum Gasteiger partial charge on any atom is 0.229 e. The van der Waals surface area contributed by atoms with Crippen LogP contribution >= 0.6 is 15.9 Å². The van der Waals surface area contributed by atoms with Gasteiger partial charge in [-0.3, -0.25) is 14.2 Å². The number of benzene rings is 1. The van der Waals surface area contributed by atoms with E-state index in [4.69, 9.17) is 0 Å². The summed E-state index contributed by atoms with van der Waals surface area (Å²) in [5.74, 6) is -0.218. The minimum absolute atomic E-state index is 0.0298. The number of hydrogen-bond acceptors (Lipinski definition) is 3. The van der Waals surface area contributed by atoms with E-state index in [0.717, 1.165) is 15.7 Å². The molecule has 7 heteroatoms. The Balaban J connectivity index is 1.61. The van der Waals surface area contributed by atoms with Crippen molar-refractivity contribution in [3.05, 3.63) is 65.2 Å². The summed E-state index contributed by atoms with van der Waals surface area (Å²) in [6, 6.07) is 9.70. The third kappa shape index (κ3) is 4.32. The number of amides is 1. The number of nitrogens with one attached hydrogen (secondary N) is 1. The third-order valence-electron chi connectivity index (χ3n) is 3.61. The van der Waals surface area contributed by atoms with Crippen LogP contribution in [0.25, 0.3) is 0 Å². The summed E-state index contributed by atoms with van der Waals surface area (Å²) in [5, 5.41) is 11.3. The summed E-state index contributed by atoms with van der Waals surface area (Å²) in [7, 11) is 0. The van der Waals surface area contributed by atoms with Gasteiger partial charge < -0.3 is 5.32 Å². The van der Waals surface area contributed by atoms with Crippen LogP contribution in [0.2, 0.25) is 0 Å². The zero-order chi connectivity index (χ0) is 16.9. The molecule has 0 saturated carbocycles. The summed E-state index contributed by atoms with van der Waals surface area (Å²) in [6.45, 7) is 3.09. The Morgan fingerprint density at radius 2 is 2.17 bits per heavy atom. The summed E-state index contributed by atoms with van der Waals surface area (Å²) in [4.78, 5) is 12.4. The Morgan fingerprint density at radius 1 is 1.29 bits per heavy atom. The molecule has 0 saturated heterocycles. The van der Waals surface area contributed by atoms with Gasteiger partial charge in [-0.05, 0) is 39.7 Å². The van der Waals surface area contributed by atoms with Crippen LogP contribution in [0.4, 0.5) is 5.69 Å². The average Bonchev–Trinajstić information content (AvgIpc) is 3.19. The first kappa shape index (κ1) is 16.4. The smallest absolute Gasteiger partial charge is 0.229 e. The molecule has 1 unspecified atom stereocenters. The fraction of sp³-hybridized carbons (Fsp3) is 0.235. The molecule has 1 amide bonds. The van der Waals surface area contributed by atoms with Crippen molar-refractivity contribution >= 4 is 27.5 Å². The van der Waals surface area contributed by atoms with Crippen molar-refractivity contribution in [2.75, 3.05) is 5.32 Å². The lowest BCUT2D eigenvalue weighted by atomic mass is 10.1. The molecule has 2 heterocycles. The zero-order valence-electron chi connectivity index (χ0n) is 13.3. The predicted octanol–water partition coefficient (Wildman–Crippen LogP) is 3.17. The van der Waals surface area contributed by atoms with Gasteiger partial charge in [0.25, 0.3) is 0 Å². The highest BCUT2D eigenvalue weighted by molar-refractivity contribution is 9.10. The normalized spacial score (nSPS) is 12.1. The van der Waals surface area contributed by atoms with Crippen LogP contribution in [-0.2, 0) is 17.9 Å². The van der Waals surface area contributed by atoms with Gasteiger partial charge in [-0.25, -0.2) is 0 Å². The standard InChI is InChI=1S/C17H18BrN5O/c1-13(10-23-12-15(18)9-20-23)17(24)21-16-5-2-4-14(8-16)11-22-7-3-6-19-22/h2-9,12-13H,10-11H2,1H3,(H,21,24). The van der Waals surface area contributed by atoms with Gasteiger partial charge in [0, 0.05) is 24.3 Å². The lowest BCUT2D eigenvalue weighted by molar-refractivity contribution is -0.119. The number of anilines is 1. The second kappa shape index (κ2) is 7.44. The number of carbonyl (C=O) groups is 1. The van der Waals surface area contributed by atoms with Gasteiger partial charge in [0.05, 0.1) is 29.7 Å². The lowest BCUT2D eigenvalue weighted by Gasteiger charge is -2.13. The number of nitrogens with zero attached hydrogens (tertiary/aromatic N) is 4. The molecule has 0 aliphatic carbocycles. The van der Waals surface area contributed by atoms with Crippen LogP contribution in [0.1, 0.15) is 12.5 Å². The Labute approximate surface area is 148 Å². The van der Waals surface area contributed by atoms with Gasteiger partial charge in [0.1, 0.15) is 0 Å². The van der Waals surface area contributed by atoms with Gasteiger partial charge in [-0.2, -0.15) is 10.2 Å². The Morgan fingerprint density at radius 3 is 2.88 bits per heavy atom. The van der Waals surface area contributed by atoms with E-state index >= 15 is 0 Å². The van der Waals surface area contributed by atoms with Crippen molar-refractivity contribution in [3.8, 4) is 0 Å². The minimum atomic E-state index is -0.188. The fourth-order valence-corrected chi connectivity index (χ4v) is 2.72. The molecule has 1 atom stereocenters. The summed E-state index contributed by atoms with van der Waals surface area (Å²) in [5.41, 5.74) is 1.87. The first-order chi connectivity index (χ1) is 11.6. The summed E-state index contributed by atoms with van der Waals surface area (Å²) in [6.07, 6.45) is 7.23. The van der Waals surface area contributed by atoms with E-state index in [-0.39, 0.29) is 11.8 Å². The third-order valence-corrected chi connectivity index (χ3v) is 4.02. The van der Waals surface area contributed by atoms with Crippen LogP contribution < -0.4 is 5.32 Å². The summed E-state index contributed by atoms with van der Waals surface area (Å²) < 4.78 is 4.50. The quantitative estimate of drug-likeness (QED) is 0.706. The second-order valence-electron chi connectivity index (χ2n) is 5.67. The molecule has 6 nitrogen and oxygen atoms in total. The molecule has 0 fully saturated rings. The van der Waals surface area contributed by atoms with Gasteiger partial charge in [0.15, 0.2) is 0 Å². The molecule has 0 aliphatic rings. The first-order valence-electron chi connectivity index (χ1n) is 7.65. The van der Waals surface area contributed by atoms with Crippen molar-refractivity contribution in [2.24, 2.45) is 5.92 Å². The monoisotopic (exact) mass is 387 g/mol. The van der Waals surface area contributed by atoms with Gasteiger partial charge in [-0.15, -0.1) is 0 Å². The van der Waals surface area contributed by atoms with E-state index in [0.29, 0.717) is 13.1 Å². The number of carbonyl (C=O) groups excluding carboxylic acids is 1. The molecular weight excluding hydrogens is 370 g/mol. The predicted molar refractivity (Wildman–Crippen MR) is 95.5 cm³/mol. The Hall–Kier alpha value is -2.41. The van der Waals surface area contributed by atoms with Crippen LogP contribution in [0.3, 0.4) is 0 Å². The highest BCUT2D eigenvalue weighted by Crippen LogP contribution is 2.14. The molecule has 0 radical (unpaired) electrons. The Kier molecular flexibility index (Phi) is 5.10. The number of aromatic nitrogens is 4. The van der Waals surface area contributed by atoms with Gasteiger partial charge in [0.2, 0.25) is 5.91 Å². The number of hydrogen-bond donors (Lipinski definition) is 1. The minimum Gasteiger partial charge on any atom is -0.326 e. The largest absolute Gasteiger partial charge is 0.326 e. The van der Waals surface area contributed by atoms with E-state index in [2.05, 4.69) is 31.4 Å². The Bertz CT molecular complexity index is 812. The molecule has 24 heavy (non-hydrogen) atoms. The maximum atomic E-state index is 12.4. The van der Waals surface area contributed by atoms with Gasteiger partial charge >= 0.3 is 0 Å².